The maximum absolute atomic E-state index is 12.6. The summed E-state index contributed by atoms with van der Waals surface area (Å²) in [7, 11) is 0. The van der Waals surface area contributed by atoms with Crippen LogP contribution in [0.2, 0.25) is 0 Å². The molecule has 1 N–H and O–H groups in total. The molecule has 1 aromatic rings. The first kappa shape index (κ1) is 10.3. The Morgan fingerprint density at radius 1 is 1.40 bits per heavy atom. The minimum atomic E-state index is -4.26. The molecule has 0 saturated carbocycles. The fourth-order valence-corrected chi connectivity index (χ4v) is 2.04. The van der Waals surface area contributed by atoms with Gasteiger partial charge in [0.1, 0.15) is 0 Å². The van der Waals surface area contributed by atoms with E-state index in [1.807, 2.05) is 6.92 Å². The highest BCUT2D eigenvalue weighted by molar-refractivity contribution is 5.64. The third-order valence-electron chi connectivity index (χ3n) is 2.86. The highest BCUT2D eigenvalue weighted by Gasteiger charge is 2.36. The van der Waals surface area contributed by atoms with Crippen molar-refractivity contribution in [2.45, 2.75) is 25.4 Å². The van der Waals surface area contributed by atoms with Crippen molar-refractivity contribution < 1.29 is 13.2 Å². The van der Waals surface area contributed by atoms with Crippen LogP contribution in [0.25, 0.3) is 0 Å². The number of alkyl halides is 3. The van der Waals surface area contributed by atoms with E-state index in [1.54, 1.807) is 6.07 Å². The summed E-state index contributed by atoms with van der Waals surface area (Å²) in [5, 5.41) is 2.86. The zero-order chi connectivity index (χ0) is 11.1. The Morgan fingerprint density at radius 2 is 2.13 bits per heavy atom. The van der Waals surface area contributed by atoms with E-state index in [-0.39, 0.29) is 11.6 Å². The molecule has 2 rings (SSSR count). The summed E-state index contributed by atoms with van der Waals surface area (Å²) in [6, 6.07) is 4.39. The van der Waals surface area contributed by atoms with E-state index in [0.717, 1.165) is 18.1 Å². The topological polar surface area (TPSA) is 12.0 Å². The van der Waals surface area contributed by atoms with Crippen LogP contribution in [0.1, 0.15) is 30.4 Å². The molecule has 0 radical (unpaired) electrons. The van der Waals surface area contributed by atoms with Crippen molar-refractivity contribution in [3.63, 3.8) is 0 Å². The van der Waals surface area contributed by atoms with Gasteiger partial charge >= 0.3 is 6.18 Å². The summed E-state index contributed by atoms with van der Waals surface area (Å²) in [5.41, 5.74) is 0.528. The molecule has 0 aliphatic carbocycles. The van der Waals surface area contributed by atoms with Crippen molar-refractivity contribution in [2.24, 2.45) is 0 Å². The summed E-state index contributed by atoms with van der Waals surface area (Å²) >= 11 is 0. The summed E-state index contributed by atoms with van der Waals surface area (Å²) in [6.07, 6.45) is -3.40. The first-order chi connectivity index (χ1) is 7.04. The fourth-order valence-electron chi connectivity index (χ4n) is 2.04. The largest absolute Gasteiger partial charge is 0.418 e. The molecule has 0 amide bonds. The van der Waals surface area contributed by atoms with Gasteiger partial charge in [0, 0.05) is 18.2 Å². The third kappa shape index (κ3) is 1.68. The van der Waals surface area contributed by atoms with Gasteiger partial charge in [-0.3, -0.25) is 0 Å². The molecule has 1 heterocycles. The van der Waals surface area contributed by atoms with E-state index in [4.69, 9.17) is 0 Å². The van der Waals surface area contributed by atoms with Crippen LogP contribution in [0.4, 0.5) is 18.9 Å². The number of hydrogen-bond acceptors (Lipinski definition) is 1. The second-order valence-electron chi connectivity index (χ2n) is 3.75. The van der Waals surface area contributed by atoms with E-state index in [0.29, 0.717) is 6.54 Å². The van der Waals surface area contributed by atoms with E-state index in [1.165, 1.54) is 6.07 Å². The Balaban J connectivity index is 2.49. The molecule has 15 heavy (non-hydrogen) atoms. The number of hydrogen-bond donors (Lipinski definition) is 1. The maximum atomic E-state index is 12.6. The van der Waals surface area contributed by atoms with Gasteiger partial charge in [0.2, 0.25) is 0 Å². The minimum Gasteiger partial charge on any atom is -0.384 e. The molecule has 4 heteroatoms. The Labute approximate surface area is 86.3 Å². The van der Waals surface area contributed by atoms with Gasteiger partial charge in [-0.15, -0.1) is 0 Å². The fraction of sp³-hybridized carbons (Fsp3) is 0.455. The number of rotatable bonds is 1. The van der Waals surface area contributed by atoms with Gasteiger partial charge in [-0.05, 0) is 18.1 Å². The summed E-state index contributed by atoms with van der Waals surface area (Å²) in [4.78, 5) is 0. The SMILES string of the molecule is CCC1CNc2c1cccc2C(F)(F)F. The molecule has 1 aliphatic heterocycles. The first-order valence-corrected chi connectivity index (χ1v) is 4.98. The van der Waals surface area contributed by atoms with Crippen molar-refractivity contribution in [3.05, 3.63) is 29.3 Å². The molecule has 1 unspecified atom stereocenters. The van der Waals surface area contributed by atoms with Crippen LogP contribution >= 0.6 is 0 Å². The Hall–Kier alpha value is -1.19. The Kier molecular flexibility index (Phi) is 2.37. The number of anilines is 1. The quantitative estimate of drug-likeness (QED) is 0.754. The average molecular weight is 215 g/mol. The van der Waals surface area contributed by atoms with E-state index < -0.39 is 11.7 Å². The van der Waals surface area contributed by atoms with Gasteiger partial charge in [0.25, 0.3) is 0 Å². The smallest absolute Gasteiger partial charge is 0.384 e. The zero-order valence-electron chi connectivity index (χ0n) is 8.36. The minimum absolute atomic E-state index is 0.210. The second-order valence-corrected chi connectivity index (χ2v) is 3.75. The highest BCUT2D eigenvalue weighted by Crippen LogP contribution is 2.42. The molecule has 0 saturated heterocycles. The van der Waals surface area contributed by atoms with Gasteiger partial charge in [-0.25, -0.2) is 0 Å². The predicted octanol–water partition coefficient (Wildman–Crippen LogP) is 3.62. The lowest BCUT2D eigenvalue weighted by Gasteiger charge is -2.12. The van der Waals surface area contributed by atoms with Crippen molar-refractivity contribution >= 4 is 5.69 Å². The molecule has 0 aromatic heterocycles. The number of benzene rings is 1. The van der Waals surface area contributed by atoms with Crippen LogP contribution in [0, 0.1) is 0 Å². The van der Waals surface area contributed by atoms with Crippen molar-refractivity contribution in [1.82, 2.24) is 0 Å². The van der Waals surface area contributed by atoms with E-state index in [9.17, 15) is 13.2 Å². The Bertz CT molecular complexity index is 371. The van der Waals surface area contributed by atoms with Crippen LogP contribution in [-0.2, 0) is 6.18 Å². The van der Waals surface area contributed by atoms with Crippen LogP contribution in [0.3, 0.4) is 0 Å². The molecule has 82 valence electrons. The first-order valence-electron chi connectivity index (χ1n) is 4.98. The molecule has 1 aromatic carbocycles. The van der Waals surface area contributed by atoms with Gasteiger partial charge in [0.05, 0.1) is 5.56 Å². The lowest BCUT2D eigenvalue weighted by atomic mass is 9.97. The number of para-hydroxylation sites is 1. The van der Waals surface area contributed by atoms with Gasteiger partial charge in [-0.2, -0.15) is 13.2 Å². The molecule has 1 atom stereocenters. The van der Waals surface area contributed by atoms with Gasteiger partial charge in [-0.1, -0.05) is 19.1 Å². The van der Waals surface area contributed by atoms with Crippen LogP contribution in [0.15, 0.2) is 18.2 Å². The maximum Gasteiger partial charge on any atom is 0.418 e. The predicted molar refractivity (Wildman–Crippen MR) is 53.0 cm³/mol. The van der Waals surface area contributed by atoms with Gasteiger partial charge < -0.3 is 5.32 Å². The highest BCUT2D eigenvalue weighted by atomic mass is 19.4. The van der Waals surface area contributed by atoms with Crippen molar-refractivity contribution in [3.8, 4) is 0 Å². The number of fused-ring (bicyclic) bond motifs is 1. The standard InChI is InChI=1S/C11H12F3N/c1-2-7-6-15-10-8(7)4-3-5-9(10)11(12,13)14/h3-5,7,15H,2,6H2,1H3. The zero-order valence-corrected chi connectivity index (χ0v) is 8.36. The van der Waals surface area contributed by atoms with Crippen LogP contribution in [0.5, 0.6) is 0 Å². The molecule has 1 nitrogen and oxygen atoms in total. The molecule has 0 fully saturated rings. The van der Waals surface area contributed by atoms with Gasteiger partial charge in [0.15, 0.2) is 0 Å². The number of halogens is 3. The van der Waals surface area contributed by atoms with E-state index in [2.05, 4.69) is 5.32 Å². The molecule has 0 bridgehead atoms. The van der Waals surface area contributed by atoms with Crippen LogP contribution < -0.4 is 5.32 Å². The average Bonchev–Trinajstić information content (AvgIpc) is 2.58. The molecular formula is C11H12F3N. The lowest BCUT2D eigenvalue weighted by molar-refractivity contribution is -0.136. The molecular weight excluding hydrogens is 203 g/mol. The van der Waals surface area contributed by atoms with Crippen LogP contribution in [-0.4, -0.2) is 6.54 Å². The van der Waals surface area contributed by atoms with Crippen molar-refractivity contribution in [1.29, 1.82) is 0 Å². The van der Waals surface area contributed by atoms with Crippen molar-refractivity contribution in [2.75, 3.05) is 11.9 Å². The second kappa shape index (κ2) is 3.43. The summed E-state index contributed by atoms with van der Waals surface area (Å²) in [5.74, 6) is 0.210. The Morgan fingerprint density at radius 3 is 2.73 bits per heavy atom. The van der Waals surface area contributed by atoms with E-state index >= 15 is 0 Å². The lowest BCUT2D eigenvalue weighted by Crippen LogP contribution is -2.08. The third-order valence-corrected chi connectivity index (χ3v) is 2.86. The molecule has 0 spiro atoms. The normalized spacial score (nSPS) is 19.9. The molecule has 1 aliphatic rings. The number of nitrogens with one attached hydrogen (secondary N) is 1. The summed E-state index contributed by atoms with van der Waals surface area (Å²) < 4.78 is 37.9. The summed E-state index contributed by atoms with van der Waals surface area (Å²) in [6.45, 7) is 2.60. The monoisotopic (exact) mass is 215 g/mol.